The van der Waals surface area contributed by atoms with Gasteiger partial charge in [0.25, 0.3) is 0 Å². The first-order chi connectivity index (χ1) is 13.2. The second-order valence-corrected chi connectivity index (χ2v) is 6.79. The van der Waals surface area contributed by atoms with Gasteiger partial charge in [0.1, 0.15) is 18.5 Å². The van der Waals surface area contributed by atoms with Crippen LogP contribution in [-0.2, 0) is 11.3 Å². The summed E-state index contributed by atoms with van der Waals surface area (Å²) >= 11 is 0. The number of hydrogen-bond acceptors (Lipinski definition) is 4. The van der Waals surface area contributed by atoms with Crippen molar-refractivity contribution in [2.45, 2.75) is 31.7 Å². The molecule has 0 bridgehead atoms. The Morgan fingerprint density at radius 3 is 2.93 bits per heavy atom. The molecule has 2 aromatic heterocycles. The summed E-state index contributed by atoms with van der Waals surface area (Å²) in [7, 11) is 0. The van der Waals surface area contributed by atoms with Gasteiger partial charge >= 0.3 is 0 Å². The number of H-pyrrole nitrogens is 1. The molecule has 1 atom stereocenters. The van der Waals surface area contributed by atoms with Gasteiger partial charge in [-0.25, -0.2) is 9.37 Å². The molecule has 1 amide bonds. The first kappa shape index (κ1) is 17.4. The molecule has 27 heavy (non-hydrogen) atoms. The Morgan fingerprint density at radius 2 is 2.15 bits per heavy atom. The molecule has 8 heteroatoms. The van der Waals surface area contributed by atoms with Gasteiger partial charge in [0.05, 0.1) is 12.7 Å². The van der Waals surface area contributed by atoms with Crippen LogP contribution in [0, 0.1) is 5.82 Å². The number of piperidine rings is 1. The summed E-state index contributed by atoms with van der Waals surface area (Å²) in [6, 6.07) is 6.42. The third kappa shape index (κ3) is 3.89. The van der Waals surface area contributed by atoms with Crippen LogP contribution in [0.25, 0.3) is 11.1 Å². The summed E-state index contributed by atoms with van der Waals surface area (Å²) in [6.45, 7) is 1.96. The molecule has 3 aromatic rings. The number of amides is 1. The number of aromatic amines is 1. The van der Waals surface area contributed by atoms with Gasteiger partial charge in [-0.1, -0.05) is 12.1 Å². The van der Waals surface area contributed by atoms with Crippen molar-refractivity contribution in [1.29, 1.82) is 0 Å². The van der Waals surface area contributed by atoms with Crippen molar-refractivity contribution < 1.29 is 9.18 Å². The van der Waals surface area contributed by atoms with Crippen LogP contribution in [0.1, 0.15) is 30.9 Å². The minimum atomic E-state index is -0.259. The van der Waals surface area contributed by atoms with Crippen molar-refractivity contribution in [3.63, 3.8) is 0 Å². The lowest BCUT2D eigenvalue weighted by Gasteiger charge is -2.33. The Balaban J connectivity index is 1.45. The fourth-order valence-electron chi connectivity index (χ4n) is 3.62. The summed E-state index contributed by atoms with van der Waals surface area (Å²) in [4.78, 5) is 18.4. The van der Waals surface area contributed by atoms with E-state index in [1.54, 1.807) is 29.3 Å². The number of aromatic nitrogens is 5. The lowest BCUT2D eigenvalue weighted by atomic mass is 9.90. The number of halogens is 1. The number of nitrogens with one attached hydrogen (secondary N) is 1. The molecule has 0 spiro atoms. The van der Waals surface area contributed by atoms with Crippen LogP contribution in [-0.4, -0.2) is 48.9 Å². The summed E-state index contributed by atoms with van der Waals surface area (Å²) in [5.41, 5.74) is 2.90. The van der Waals surface area contributed by atoms with E-state index in [1.165, 1.54) is 18.5 Å². The van der Waals surface area contributed by atoms with Crippen molar-refractivity contribution in [3.8, 4) is 11.1 Å². The maximum absolute atomic E-state index is 13.2. The Morgan fingerprint density at radius 1 is 1.30 bits per heavy atom. The second-order valence-electron chi connectivity index (χ2n) is 6.79. The Kier molecular flexibility index (Phi) is 4.95. The maximum Gasteiger partial charge on any atom is 0.224 e. The smallest absolute Gasteiger partial charge is 0.224 e. The van der Waals surface area contributed by atoms with Gasteiger partial charge in [-0.05, 0) is 30.5 Å². The molecule has 4 rings (SSSR count). The number of benzene rings is 1. The van der Waals surface area contributed by atoms with E-state index in [0.29, 0.717) is 19.5 Å². The molecule has 1 saturated heterocycles. The van der Waals surface area contributed by atoms with Crippen LogP contribution in [0.2, 0.25) is 0 Å². The number of aryl methyl sites for hydroxylation is 1. The van der Waals surface area contributed by atoms with Gasteiger partial charge < -0.3 is 4.90 Å². The van der Waals surface area contributed by atoms with E-state index in [9.17, 15) is 9.18 Å². The minimum Gasteiger partial charge on any atom is -0.342 e. The van der Waals surface area contributed by atoms with Crippen molar-refractivity contribution in [1.82, 2.24) is 29.9 Å². The number of hydrogen-bond donors (Lipinski definition) is 1. The van der Waals surface area contributed by atoms with Crippen LogP contribution in [0.4, 0.5) is 4.39 Å². The van der Waals surface area contributed by atoms with Gasteiger partial charge in [0, 0.05) is 36.7 Å². The zero-order valence-electron chi connectivity index (χ0n) is 14.9. The molecule has 1 aliphatic heterocycles. The number of likely N-dealkylation sites (tertiary alicyclic amines) is 1. The predicted molar refractivity (Wildman–Crippen MR) is 97.2 cm³/mol. The molecule has 0 radical (unpaired) electrons. The Bertz CT molecular complexity index is 889. The first-order valence-electron chi connectivity index (χ1n) is 9.10. The third-order valence-corrected chi connectivity index (χ3v) is 5.03. The molecular weight excluding hydrogens is 347 g/mol. The van der Waals surface area contributed by atoms with Crippen molar-refractivity contribution in [2.24, 2.45) is 0 Å². The zero-order chi connectivity index (χ0) is 18.6. The molecule has 1 fully saturated rings. The maximum atomic E-state index is 13.2. The highest BCUT2D eigenvalue weighted by Crippen LogP contribution is 2.33. The normalized spacial score (nSPS) is 17.2. The monoisotopic (exact) mass is 368 g/mol. The Hall–Kier alpha value is -3.03. The zero-order valence-corrected chi connectivity index (χ0v) is 14.9. The van der Waals surface area contributed by atoms with E-state index in [4.69, 9.17) is 0 Å². The van der Waals surface area contributed by atoms with Crippen LogP contribution in [0.15, 0.2) is 43.1 Å². The largest absolute Gasteiger partial charge is 0.342 e. The van der Waals surface area contributed by atoms with E-state index in [1.807, 2.05) is 4.90 Å². The highest BCUT2D eigenvalue weighted by atomic mass is 19.1. The molecular formula is C19H21FN6O. The summed E-state index contributed by atoms with van der Waals surface area (Å²) in [5, 5.41) is 11.3. The summed E-state index contributed by atoms with van der Waals surface area (Å²) in [6.07, 6.45) is 7.20. The van der Waals surface area contributed by atoms with E-state index < -0.39 is 0 Å². The van der Waals surface area contributed by atoms with E-state index in [2.05, 4.69) is 20.3 Å². The van der Waals surface area contributed by atoms with E-state index in [-0.39, 0.29) is 17.6 Å². The molecule has 1 aromatic carbocycles. The average Bonchev–Trinajstić information content (AvgIpc) is 3.39. The van der Waals surface area contributed by atoms with Crippen LogP contribution in [0.3, 0.4) is 0 Å². The van der Waals surface area contributed by atoms with Crippen LogP contribution in [0.5, 0.6) is 0 Å². The minimum absolute atomic E-state index is 0.123. The van der Waals surface area contributed by atoms with Gasteiger partial charge in [-0.2, -0.15) is 10.2 Å². The van der Waals surface area contributed by atoms with Gasteiger partial charge in [-0.15, -0.1) is 0 Å². The summed E-state index contributed by atoms with van der Waals surface area (Å²) in [5.74, 6) is 0.0558. The van der Waals surface area contributed by atoms with E-state index >= 15 is 0 Å². The standard InChI is InChI=1S/C19H21FN6O/c20-16-5-3-14(4-6-16)17-10-22-24-19(17)15-2-1-8-25(11-15)18(27)7-9-26-13-21-12-23-26/h3-6,10,12-13,15H,1-2,7-9,11H2,(H,22,24)/t15-/m0/s1. The third-order valence-electron chi connectivity index (χ3n) is 5.03. The fraction of sp³-hybridized carbons (Fsp3) is 0.368. The predicted octanol–water partition coefficient (Wildman–Crippen LogP) is 2.60. The molecule has 0 aliphatic carbocycles. The Labute approximate surface area is 156 Å². The molecule has 7 nitrogen and oxygen atoms in total. The molecule has 0 unspecified atom stereocenters. The average molecular weight is 368 g/mol. The molecule has 1 aliphatic rings. The highest BCUT2D eigenvalue weighted by Gasteiger charge is 2.27. The quantitative estimate of drug-likeness (QED) is 0.751. The SMILES string of the molecule is O=C(CCn1cncn1)N1CCC[C@H](c2[nH]ncc2-c2ccc(F)cc2)C1. The lowest BCUT2D eigenvalue weighted by molar-refractivity contribution is -0.132. The van der Waals surface area contributed by atoms with Crippen molar-refractivity contribution >= 4 is 5.91 Å². The van der Waals surface area contributed by atoms with Crippen LogP contribution < -0.4 is 0 Å². The number of carbonyl (C=O) groups excluding carboxylic acids is 1. The lowest BCUT2D eigenvalue weighted by Crippen LogP contribution is -2.39. The molecule has 1 N–H and O–H groups in total. The molecule has 0 saturated carbocycles. The molecule has 3 heterocycles. The molecule has 140 valence electrons. The van der Waals surface area contributed by atoms with E-state index in [0.717, 1.165) is 36.2 Å². The van der Waals surface area contributed by atoms with Gasteiger partial charge in [-0.3, -0.25) is 14.6 Å². The number of carbonyl (C=O) groups is 1. The fourth-order valence-corrected chi connectivity index (χ4v) is 3.62. The highest BCUT2D eigenvalue weighted by molar-refractivity contribution is 5.76. The van der Waals surface area contributed by atoms with Crippen LogP contribution >= 0.6 is 0 Å². The topological polar surface area (TPSA) is 79.7 Å². The summed E-state index contributed by atoms with van der Waals surface area (Å²) < 4.78 is 14.9. The van der Waals surface area contributed by atoms with Gasteiger partial charge in [0.15, 0.2) is 0 Å². The number of rotatable bonds is 5. The van der Waals surface area contributed by atoms with Crippen molar-refractivity contribution in [3.05, 3.63) is 54.6 Å². The second kappa shape index (κ2) is 7.69. The first-order valence-corrected chi connectivity index (χ1v) is 9.10. The van der Waals surface area contributed by atoms with Gasteiger partial charge in [0.2, 0.25) is 5.91 Å². The number of nitrogens with zero attached hydrogens (tertiary/aromatic N) is 5. The van der Waals surface area contributed by atoms with Crippen molar-refractivity contribution in [2.75, 3.05) is 13.1 Å².